The van der Waals surface area contributed by atoms with Gasteiger partial charge in [-0.05, 0) is 52.7 Å². The van der Waals surface area contributed by atoms with E-state index in [0.717, 1.165) is 18.5 Å². The first kappa shape index (κ1) is 14.3. The van der Waals surface area contributed by atoms with Gasteiger partial charge in [-0.15, -0.1) is 0 Å². The minimum Gasteiger partial charge on any atom is -0.329 e. The second-order valence-corrected chi connectivity index (χ2v) is 6.86. The Labute approximate surface area is 113 Å². The Morgan fingerprint density at radius 3 is 2.44 bits per heavy atom. The van der Waals surface area contributed by atoms with E-state index in [4.69, 9.17) is 5.73 Å². The SMILES string of the molecule is CN1CCCC1CN(C)C(C)(CN)CC1CCC1. The van der Waals surface area contributed by atoms with E-state index in [2.05, 4.69) is 30.8 Å². The molecular weight excluding hydrogens is 222 g/mol. The third-order valence-electron chi connectivity index (χ3n) is 5.47. The topological polar surface area (TPSA) is 32.5 Å². The fourth-order valence-corrected chi connectivity index (χ4v) is 3.46. The molecule has 18 heavy (non-hydrogen) atoms. The van der Waals surface area contributed by atoms with Crippen molar-refractivity contribution in [3.8, 4) is 0 Å². The molecule has 0 aromatic rings. The molecule has 0 radical (unpaired) electrons. The lowest BCUT2D eigenvalue weighted by Crippen LogP contribution is -2.54. The average Bonchev–Trinajstić information content (AvgIpc) is 2.69. The van der Waals surface area contributed by atoms with Crippen LogP contribution in [-0.4, -0.2) is 55.1 Å². The third kappa shape index (κ3) is 3.06. The average molecular weight is 253 g/mol. The summed E-state index contributed by atoms with van der Waals surface area (Å²) in [4.78, 5) is 5.05. The number of hydrogen-bond donors (Lipinski definition) is 1. The summed E-state index contributed by atoms with van der Waals surface area (Å²) in [5, 5.41) is 0. The van der Waals surface area contributed by atoms with Gasteiger partial charge in [0.2, 0.25) is 0 Å². The van der Waals surface area contributed by atoms with Crippen LogP contribution in [0.1, 0.15) is 45.4 Å². The van der Waals surface area contributed by atoms with Crippen molar-refractivity contribution in [2.75, 3.05) is 33.7 Å². The van der Waals surface area contributed by atoms with E-state index >= 15 is 0 Å². The van der Waals surface area contributed by atoms with E-state index in [0.29, 0.717) is 0 Å². The molecule has 0 bridgehead atoms. The van der Waals surface area contributed by atoms with E-state index < -0.39 is 0 Å². The Bertz CT molecular complexity index is 264. The summed E-state index contributed by atoms with van der Waals surface area (Å²) in [5.74, 6) is 0.933. The molecule has 2 unspecified atom stereocenters. The molecule has 2 aliphatic rings. The predicted molar refractivity (Wildman–Crippen MR) is 77.7 cm³/mol. The lowest BCUT2D eigenvalue weighted by atomic mass is 9.76. The maximum absolute atomic E-state index is 6.09. The van der Waals surface area contributed by atoms with Crippen LogP contribution >= 0.6 is 0 Å². The van der Waals surface area contributed by atoms with Crippen LogP contribution in [0.5, 0.6) is 0 Å². The second kappa shape index (κ2) is 5.89. The van der Waals surface area contributed by atoms with Gasteiger partial charge in [-0.25, -0.2) is 0 Å². The third-order valence-corrected chi connectivity index (χ3v) is 5.47. The van der Waals surface area contributed by atoms with Crippen molar-refractivity contribution in [2.24, 2.45) is 11.7 Å². The van der Waals surface area contributed by atoms with E-state index in [9.17, 15) is 0 Å². The first-order chi connectivity index (χ1) is 8.55. The van der Waals surface area contributed by atoms with Crippen molar-refractivity contribution < 1.29 is 0 Å². The van der Waals surface area contributed by atoms with E-state index in [1.165, 1.54) is 51.6 Å². The van der Waals surface area contributed by atoms with Gasteiger partial charge >= 0.3 is 0 Å². The van der Waals surface area contributed by atoms with Gasteiger partial charge in [0.25, 0.3) is 0 Å². The van der Waals surface area contributed by atoms with Crippen molar-refractivity contribution in [1.82, 2.24) is 9.80 Å². The first-order valence-electron chi connectivity index (χ1n) is 7.67. The molecule has 2 fully saturated rings. The van der Waals surface area contributed by atoms with Crippen LogP contribution < -0.4 is 5.73 Å². The van der Waals surface area contributed by atoms with Crippen molar-refractivity contribution in [3.05, 3.63) is 0 Å². The zero-order chi connectivity index (χ0) is 13.2. The summed E-state index contributed by atoms with van der Waals surface area (Å²) in [7, 11) is 4.54. The smallest absolute Gasteiger partial charge is 0.0303 e. The van der Waals surface area contributed by atoms with Gasteiger partial charge in [-0.3, -0.25) is 4.90 Å². The summed E-state index contributed by atoms with van der Waals surface area (Å²) >= 11 is 0. The highest BCUT2D eigenvalue weighted by molar-refractivity contribution is 4.92. The molecule has 1 saturated heterocycles. The van der Waals surface area contributed by atoms with Gasteiger partial charge in [0.1, 0.15) is 0 Å². The number of likely N-dealkylation sites (tertiary alicyclic amines) is 1. The minimum atomic E-state index is 0.203. The van der Waals surface area contributed by atoms with Crippen molar-refractivity contribution in [1.29, 1.82) is 0 Å². The lowest BCUT2D eigenvalue weighted by Gasteiger charge is -2.44. The maximum Gasteiger partial charge on any atom is 0.0303 e. The molecule has 0 aromatic heterocycles. The Morgan fingerprint density at radius 2 is 2.00 bits per heavy atom. The fraction of sp³-hybridized carbons (Fsp3) is 1.00. The zero-order valence-corrected chi connectivity index (χ0v) is 12.5. The highest BCUT2D eigenvalue weighted by Crippen LogP contribution is 2.35. The minimum absolute atomic E-state index is 0.203. The summed E-state index contributed by atoms with van der Waals surface area (Å²) in [5.41, 5.74) is 6.29. The molecule has 2 atom stereocenters. The number of rotatable bonds is 6. The van der Waals surface area contributed by atoms with Crippen LogP contribution in [0.2, 0.25) is 0 Å². The molecule has 3 nitrogen and oxygen atoms in total. The highest BCUT2D eigenvalue weighted by atomic mass is 15.2. The monoisotopic (exact) mass is 253 g/mol. The molecule has 106 valence electrons. The zero-order valence-electron chi connectivity index (χ0n) is 12.5. The van der Waals surface area contributed by atoms with Crippen LogP contribution in [-0.2, 0) is 0 Å². The van der Waals surface area contributed by atoms with Gasteiger partial charge in [-0.1, -0.05) is 19.3 Å². The fourth-order valence-electron chi connectivity index (χ4n) is 3.46. The van der Waals surface area contributed by atoms with E-state index in [1.807, 2.05) is 0 Å². The first-order valence-corrected chi connectivity index (χ1v) is 7.67. The van der Waals surface area contributed by atoms with E-state index in [-0.39, 0.29) is 5.54 Å². The molecule has 1 saturated carbocycles. The van der Waals surface area contributed by atoms with Crippen molar-refractivity contribution in [3.63, 3.8) is 0 Å². The maximum atomic E-state index is 6.09. The van der Waals surface area contributed by atoms with Crippen molar-refractivity contribution in [2.45, 2.75) is 57.0 Å². The molecule has 0 aromatic carbocycles. The molecule has 0 amide bonds. The van der Waals surface area contributed by atoms with E-state index in [1.54, 1.807) is 0 Å². The Balaban J connectivity index is 1.88. The molecule has 2 N–H and O–H groups in total. The number of hydrogen-bond acceptors (Lipinski definition) is 3. The standard InChI is InChI=1S/C15H31N3/c1-15(12-16,10-13-6-4-7-13)18(3)11-14-8-5-9-17(14)2/h13-14H,4-12,16H2,1-3H3. The Morgan fingerprint density at radius 1 is 1.28 bits per heavy atom. The van der Waals surface area contributed by atoms with Gasteiger partial charge in [-0.2, -0.15) is 0 Å². The molecular formula is C15H31N3. The largest absolute Gasteiger partial charge is 0.329 e. The summed E-state index contributed by atoms with van der Waals surface area (Å²) in [6, 6.07) is 0.738. The number of nitrogens with two attached hydrogens (primary N) is 1. The van der Waals surface area contributed by atoms with Gasteiger partial charge in [0, 0.05) is 24.7 Å². The normalized spacial score (nSPS) is 29.5. The van der Waals surface area contributed by atoms with Gasteiger partial charge in [0.15, 0.2) is 0 Å². The molecule has 0 spiro atoms. The Hall–Kier alpha value is -0.120. The van der Waals surface area contributed by atoms with Crippen LogP contribution in [0.25, 0.3) is 0 Å². The summed E-state index contributed by atoms with van der Waals surface area (Å²) in [6.45, 7) is 5.59. The quantitative estimate of drug-likeness (QED) is 0.785. The summed E-state index contributed by atoms with van der Waals surface area (Å²) in [6.07, 6.45) is 8.28. The molecule has 2 rings (SSSR count). The molecule has 1 aliphatic heterocycles. The molecule has 1 heterocycles. The molecule has 3 heteroatoms. The van der Waals surface area contributed by atoms with Crippen LogP contribution in [0, 0.1) is 5.92 Å². The lowest BCUT2D eigenvalue weighted by molar-refractivity contribution is 0.0716. The second-order valence-electron chi connectivity index (χ2n) is 6.86. The van der Waals surface area contributed by atoms with Crippen LogP contribution in [0.15, 0.2) is 0 Å². The predicted octanol–water partition coefficient (Wildman–Crippen LogP) is 1.92. The Kier molecular flexibility index (Phi) is 4.68. The van der Waals surface area contributed by atoms with Gasteiger partial charge in [0.05, 0.1) is 0 Å². The number of likely N-dealkylation sites (N-methyl/N-ethyl adjacent to an activating group) is 2. The van der Waals surface area contributed by atoms with Gasteiger partial charge < -0.3 is 10.6 Å². The summed E-state index contributed by atoms with van der Waals surface area (Å²) < 4.78 is 0. The van der Waals surface area contributed by atoms with Crippen molar-refractivity contribution >= 4 is 0 Å². The number of nitrogens with zero attached hydrogens (tertiary/aromatic N) is 2. The van der Waals surface area contributed by atoms with Crippen LogP contribution in [0.3, 0.4) is 0 Å². The molecule has 1 aliphatic carbocycles. The van der Waals surface area contributed by atoms with Crippen LogP contribution in [0.4, 0.5) is 0 Å². The highest BCUT2D eigenvalue weighted by Gasteiger charge is 2.35.